The Morgan fingerprint density at radius 2 is 0.895 bits per heavy atom. The fraction of sp³-hybridized carbons (Fsp3) is 0.750. The summed E-state index contributed by atoms with van der Waals surface area (Å²) < 4.78 is 12.0. The smallest absolute Gasteiger partial charge is 0.338 e. The van der Waals surface area contributed by atoms with Crippen molar-refractivity contribution in [2.24, 2.45) is 0 Å². The Morgan fingerprint density at radius 3 is 1.13 bits per heavy atom. The average molecular weight is 529 g/mol. The van der Waals surface area contributed by atoms with Crippen molar-refractivity contribution in [1.29, 1.82) is 0 Å². The number of carbonyl (C=O) groups is 2. The van der Waals surface area contributed by atoms with Gasteiger partial charge in [0.15, 0.2) is 0 Å². The summed E-state index contributed by atoms with van der Waals surface area (Å²) in [5.41, 5.74) is 0.725. The minimum absolute atomic E-state index is 0.0495. The zero-order chi connectivity index (χ0) is 28.5. The fourth-order valence-electron chi connectivity index (χ4n) is 7.46. The summed E-state index contributed by atoms with van der Waals surface area (Å²) in [5, 5.41) is 0. The normalized spacial score (nSPS) is 23.6. The summed E-state index contributed by atoms with van der Waals surface area (Å²) in [5.74, 6) is -0.672. The molecule has 214 valence electrons. The van der Waals surface area contributed by atoms with Crippen LogP contribution in [0.1, 0.15) is 128 Å². The number of nitrogens with zero attached hydrogens (tertiary/aromatic N) is 2. The third-order valence-electron chi connectivity index (χ3n) is 8.63. The van der Waals surface area contributed by atoms with Crippen molar-refractivity contribution in [2.45, 2.75) is 142 Å². The van der Waals surface area contributed by atoms with Gasteiger partial charge in [-0.3, -0.25) is 9.80 Å². The number of ether oxygens (including phenoxy) is 2. The monoisotopic (exact) mass is 528 g/mol. The highest BCUT2D eigenvalue weighted by atomic mass is 16.5. The van der Waals surface area contributed by atoms with Gasteiger partial charge in [-0.2, -0.15) is 0 Å². The van der Waals surface area contributed by atoms with Crippen molar-refractivity contribution >= 4 is 11.9 Å². The van der Waals surface area contributed by atoms with E-state index < -0.39 is 0 Å². The molecule has 2 fully saturated rings. The zero-order valence-electron chi connectivity index (χ0n) is 25.6. The van der Waals surface area contributed by atoms with Crippen LogP contribution < -0.4 is 0 Å². The molecule has 0 N–H and O–H groups in total. The lowest BCUT2D eigenvalue weighted by Crippen LogP contribution is -2.62. The molecular weight excluding hydrogens is 476 g/mol. The summed E-state index contributed by atoms with van der Waals surface area (Å²) in [6.45, 7) is 24.4. The predicted molar refractivity (Wildman–Crippen MR) is 154 cm³/mol. The molecule has 0 amide bonds. The number of carbonyl (C=O) groups excluding carboxylic acids is 2. The van der Waals surface area contributed by atoms with Gasteiger partial charge in [0.1, 0.15) is 12.2 Å². The van der Waals surface area contributed by atoms with Crippen molar-refractivity contribution < 1.29 is 19.1 Å². The maximum atomic E-state index is 13.0. The van der Waals surface area contributed by atoms with E-state index in [-0.39, 0.29) is 46.3 Å². The highest BCUT2D eigenvalue weighted by Gasteiger charge is 2.47. The molecule has 38 heavy (non-hydrogen) atoms. The molecule has 3 rings (SSSR count). The number of benzene rings is 1. The molecule has 1 aromatic carbocycles. The van der Waals surface area contributed by atoms with E-state index in [0.717, 1.165) is 51.6 Å². The lowest BCUT2D eigenvalue weighted by molar-refractivity contribution is -0.0877. The standard InChI is InChI=1S/C32H52N2O4/c1-11-17-33-29(3,4)19-25(20-30(33,5)6)37-27(35)23-13-15-24(16-14-23)28(36)38-26-21-31(7,8)34(18-12-2)32(9,10)22-26/h13-16,25-26H,11-12,17-22H2,1-10H3. The Hall–Kier alpha value is -1.92. The molecule has 0 spiro atoms. The second-order valence-electron chi connectivity index (χ2n) is 14.0. The second-order valence-corrected chi connectivity index (χ2v) is 14.0. The van der Waals surface area contributed by atoms with Crippen LogP contribution in [0.15, 0.2) is 24.3 Å². The van der Waals surface area contributed by atoms with E-state index >= 15 is 0 Å². The van der Waals surface area contributed by atoms with E-state index in [4.69, 9.17) is 9.47 Å². The van der Waals surface area contributed by atoms with E-state index in [1.165, 1.54) is 0 Å². The van der Waals surface area contributed by atoms with Crippen LogP contribution in [0.2, 0.25) is 0 Å². The first-order chi connectivity index (χ1) is 17.5. The summed E-state index contributed by atoms with van der Waals surface area (Å²) in [4.78, 5) is 31.1. The topological polar surface area (TPSA) is 59.1 Å². The Bertz CT molecular complexity index is 865. The van der Waals surface area contributed by atoms with Gasteiger partial charge in [0.25, 0.3) is 0 Å². The molecule has 0 radical (unpaired) electrons. The van der Waals surface area contributed by atoms with E-state index in [9.17, 15) is 9.59 Å². The van der Waals surface area contributed by atoms with Gasteiger partial charge in [0.2, 0.25) is 0 Å². The van der Waals surface area contributed by atoms with Gasteiger partial charge in [0, 0.05) is 47.8 Å². The number of rotatable bonds is 8. The molecule has 6 heteroatoms. The number of hydrogen-bond donors (Lipinski definition) is 0. The van der Waals surface area contributed by atoms with Crippen LogP contribution in [0.5, 0.6) is 0 Å². The SMILES string of the molecule is CCCN1C(C)(C)CC(OC(=O)c2ccc(C(=O)OC3CC(C)(C)N(CCC)C(C)(C)C3)cc2)CC1(C)C. The summed E-state index contributed by atoms with van der Waals surface area (Å²) >= 11 is 0. The molecule has 2 aliphatic rings. The molecule has 0 atom stereocenters. The molecule has 0 aromatic heterocycles. The van der Waals surface area contributed by atoms with Crippen molar-refractivity contribution in [1.82, 2.24) is 9.80 Å². The third-order valence-corrected chi connectivity index (χ3v) is 8.63. The van der Waals surface area contributed by atoms with Crippen molar-refractivity contribution in [2.75, 3.05) is 13.1 Å². The van der Waals surface area contributed by atoms with Crippen LogP contribution in [0.3, 0.4) is 0 Å². The van der Waals surface area contributed by atoms with Crippen LogP contribution in [0, 0.1) is 0 Å². The van der Waals surface area contributed by atoms with Crippen LogP contribution in [-0.4, -0.2) is 69.2 Å². The number of likely N-dealkylation sites (tertiary alicyclic amines) is 2. The van der Waals surface area contributed by atoms with Crippen molar-refractivity contribution in [3.8, 4) is 0 Å². The zero-order valence-corrected chi connectivity index (χ0v) is 25.6. The van der Waals surface area contributed by atoms with Gasteiger partial charge in [-0.25, -0.2) is 9.59 Å². The van der Waals surface area contributed by atoms with Gasteiger partial charge in [-0.1, -0.05) is 13.8 Å². The molecule has 0 bridgehead atoms. The summed E-state index contributed by atoms with van der Waals surface area (Å²) in [6.07, 6.45) is 5.12. The van der Waals surface area contributed by atoms with E-state index in [1.54, 1.807) is 24.3 Å². The van der Waals surface area contributed by atoms with Crippen molar-refractivity contribution in [3.05, 3.63) is 35.4 Å². The first-order valence-electron chi connectivity index (χ1n) is 14.6. The fourth-order valence-corrected chi connectivity index (χ4v) is 7.46. The van der Waals surface area contributed by atoms with Crippen LogP contribution in [0.25, 0.3) is 0 Å². The molecule has 1 aromatic rings. The first kappa shape index (κ1) is 30.6. The van der Waals surface area contributed by atoms with Crippen molar-refractivity contribution in [3.63, 3.8) is 0 Å². The van der Waals surface area contributed by atoms with Gasteiger partial charge < -0.3 is 9.47 Å². The third kappa shape index (κ3) is 6.80. The summed E-state index contributed by atoms with van der Waals surface area (Å²) in [7, 11) is 0. The van der Waals surface area contributed by atoms with E-state index in [0.29, 0.717) is 11.1 Å². The van der Waals surface area contributed by atoms with Gasteiger partial charge >= 0.3 is 11.9 Å². The molecular formula is C32H52N2O4. The maximum Gasteiger partial charge on any atom is 0.338 e. The highest BCUT2D eigenvalue weighted by Crippen LogP contribution is 2.41. The Balaban J connectivity index is 1.62. The largest absolute Gasteiger partial charge is 0.459 e. The highest BCUT2D eigenvalue weighted by molar-refractivity contribution is 5.93. The quantitative estimate of drug-likeness (QED) is 0.343. The van der Waals surface area contributed by atoms with Crippen LogP contribution >= 0.6 is 0 Å². The second kappa shape index (κ2) is 11.3. The molecule has 2 heterocycles. The Kier molecular flexibility index (Phi) is 9.10. The lowest BCUT2D eigenvalue weighted by Gasteiger charge is -2.55. The van der Waals surface area contributed by atoms with E-state index in [2.05, 4.69) is 79.0 Å². The molecule has 0 unspecified atom stereocenters. The van der Waals surface area contributed by atoms with E-state index in [1.807, 2.05) is 0 Å². The molecule has 2 aliphatic heterocycles. The van der Waals surface area contributed by atoms with Crippen LogP contribution in [0.4, 0.5) is 0 Å². The number of piperidine rings is 2. The molecule has 6 nitrogen and oxygen atoms in total. The summed E-state index contributed by atoms with van der Waals surface area (Å²) in [6, 6.07) is 6.72. The lowest BCUT2D eigenvalue weighted by atomic mass is 9.78. The number of esters is 2. The number of hydrogen-bond acceptors (Lipinski definition) is 6. The van der Waals surface area contributed by atoms with Gasteiger partial charge in [0.05, 0.1) is 11.1 Å². The Morgan fingerprint density at radius 1 is 0.632 bits per heavy atom. The molecule has 2 saturated heterocycles. The maximum absolute atomic E-state index is 13.0. The predicted octanol–water partition coefficient (Wildman–Crippen LogP) is 6.86. The van der Waals surface area contributed by atoms with Gasteiger partial charge in [-0.05, 0) is 106 Å². The first-order valence-corrected chi connectivity index (χ1v) is 14.6. The van der Waals surface area contributed by atoms with Gasteiger partial charge in [-0.15, -0.1) is 0 Å². The average Bonchev–Trinajstić information content (AvgIpc) is 2.77. The molecule has 0 saturated carbocycles. The Labute approximate surface area is 231 Å². The van der Waals surface area contributed by atoms with Crippen LogP contribution in [-0.2, 0) is 9.47 Å². The minimum Gasteiger partial charge on any atom is -0.459 e. The molecule has 0 aliphatic carbocycles. The minimum atomic E-state index is -0.336.